The Morgan fingerprint density at radius 1 is 1.08 bits per heavy atom. The average Bonchev–Trinajstić information content (AvgIpc) is 3.05. The summed E-state index contributed by atoms with van der Waals surface area (Å²) in [6, 6.07) is 5.22. The van der Waals surface area contributed by atoms with Crippen LogP contribution in [-0.2, 0) is 6.42 Å². The third-order valence-corrected chi connectivity index (χ3v) is 7.28. The van der Waals surface area contributed by atoms with Crippen LogP contribution < -0.4 is 4.74 Å². The Morgan fingerprint density at radius 3 is 2.58 bits per heavy atom. The van der Waals surface area contributed by atoms with Gasteiger partial charge in [-0.3, -0.25) is 0 Å². The molecule has 0 atom stereocenters. The highest BCUT2D eigenvalue weighted by molar-refractivity contribution is 9.10. The molecule has 1 aromatic carbocycles. The summed E-state index contributed by atoms with van der Waals surface area (Å²) in [7, 11) is 0. The van der Waals surface area contributed by atoms with E-state index in [1.54, 1.807) is 0 Å². The van der Waals surface area contributed by atoms with Gasteiger partial charge in [0.2, 0.25) is 0 Å². The first-order valence-corrected chi connectivity index (χ1v) is 10.9. The molecule has 0 aliphatic carbocycles. The summed E-state index contributed by atoms with van der Waals surface area (Å²) in [5, 5.41) is 0. The predicted octanol–water partition coefficient (Wildman–Crippen LogP) is 4.59. The molecule has 132 valence electrons. The molecule has 0 spiro atoms. The van der Waals surface area contributed by atoms with Gasteiger partial charge in [0.1, 0.15) is 5.75 Å². The van der Waals surface area contributed by atoms with Gasteiger partial charge >= 0.3 is 0 Å². The van der Waals surface area contributed by atoms with Gasteiger partial charge < -0.3 is 9.64 Å². The van der Waals surface area contributed by atoms with Crippen molar-refractivity contribution in [3.63, 3.8) is 0 Å². The summed E-state index contributed by atoms with van der Waals surface area (Å²) in [5.74, 6) is 2.05. The van der Waals surface area contributed by atoms with Gasteiger partial charge in [-0.2, -0.15) is 0 Å². The number of likely N-dealkylation sites (tertiary alicyclic amines) is 1. The van der Waals surface area contributed by atoms with E-state index in [0.29, 0.717) is 0 Å². The summed E-state index contributed by atoms with van der Waals surface area (Å²) in [6.07, 6.45) is 6.42. The monoisotopic (exact) mass is 410 g/mol. The first-order chi connectivity index (χ1) is 11.7. The molecule has 3 aliphatic heterocycles. The number of nitrogens with zero attached hydrogens (tertiary/aromatic N) is 2. The quantitative estimate of drug-likeness (QED) is 0.676. The fraction of sp³-hybridized carbons (Fsp3) is 0.684. The molecule has 0 saturated carbocycles. The van der Waals surface area contributed by atoms with Gasteiger partial charge in [0.25, 0.3) is 0 Å². The summed E-state index contributed by atoms with van der Waals surface area (Å²) >= 11 is 5.55. The fourth-order valence-electron chi connectivity index (χ4n) is 4.13. The molecule has 24 heavy (non-hydrogen) atoms. The summed E-state index contributed by atoms with van der Waals surface area (Å²) < 4.78 is 9.58. The molecule has 0 N–H and O–H groups in total. The first-order valence-electron chi connectivity index (χ1n) is 9.31. The van der Waals surface area contributed by atoms with Crippen molar-refractivity contribution >= 4 is 27.9 Å². The van der Waals surface area contributed by atoms with Gasteiger partial charge in [0.15, 0.2) is 0 Å². The minimum absolute atomic E-state index is 0.804. The molecule has 0 bridgehead atoms. The van der Waals surface area contributed by atoms with Gasteiger partial charge in [0, 0.05) is 30.0 Å². The third kappa shape index (κ3) is 3.79. The van der Waals surface area contributed by atoms with Crippen LogP contribution in [0.15, 0.2) is 21.5 Å². The van der Waals surface area contributed by atoms with Crippen LogP contribution in [0.1, 0.15) is 38.2 Å². The number of rotatable bonds is 3. The molecule has 0 unspecified atom stereocenters. The zero-order valence-corrected chi connectivity index (χ0v) is 16.9. The van der Waals surface area contributed by atoms with Crippen molar-refractivity contribution in [2.75, 3.05) is 32.8 Å². The molecular formula is C19H27BrN2OS. The second-order valence-electron chi connectivity index (χ2n) is 7.46. The highest BCUT2D eigenvalue weighted by Crippen LogP contribution is 2.41. The van der Waals surface area contributed by atoms with Crippen molar-refractivity contribution in [2.45, 2.75) is 50.0 Å². The van der Waals surface area contributed by atoms with Crippen molar-refractivity contribution in [1.82, 2.24) is 9.21 Å². The molecule has 0 amide bonds. The first kappa shape index (κ1) is 17.2. The molecule has 2 saturated heterocycles. The number of hydrogen-bond acceptors (Lipinski definition) is 4. The van der Waals surface area contributed by atoms with E-state index >= 15 is 0 Å². The molecule has 3 nitrogen and oxygen atoms in total. The number of hydrogen-bond donors (Lipinski definition) is 0. The molecule has 4 rings (SSSR count). The van der Waals surface area contributed by atoms with Crippen LogP contribution in [0.3, 0.4) is 0 Å². The lowest BCUT2D eigenvalue weighted by Crippen LogP contribution is -2.46. The van der Waals surface area contributed by atoms with Crippen LogP contribution in [0, 0.1) is 5.92 Å². The normalized spacial score (nSPS) is 24.1. The number of ether oxygens (including phenoxy) is 1. The topological polar surface area (TPSA) is 15.7 Å². The second kappa shape index (κ2) is 7.56. The molecule has 0 radical (unpaired) electrons. The summed E-state index contributed by atoms with van der Waals surface area (Å²) in [6.45, 7) is 8.22. The van der Waals surface area contributed by atoms with Crippen molar-refractivity contribution in [3.05, 3.63) is 22.2 Å². The molecular weight excluding hydrogens is 384 g/mol. The summed E-state index contributed by atoms with van der Waals surface area (Å²) in [5.41, 5.74) is 1.35. The lowest BCUT2D eigenvalue weighted by Gasteiger charge is -2.41. The van der Waals surface area contributed by atoms with E-state index in [4.69, 9.17) is 4.74 Å². The van der Waals surface area contributed by atoms with Crippen LogP contribution in [0.4, 0.5) is 0 Å². The molecule has 5 heteroatoms. The van der Waals surface area contributed by atoms with Gasteiger partial charge in [-0.15, -0.1) is 0 Å². The van der Waals surface area contributed by atoms with Gasteiger partial charge in [-0.05, 0) is 74.3 Å². The molecule has 1 aromatic rings. The Bertz CT molecular complexity index is 581. The van der Waals surface area contributed by atoms with Crippen LogP contribution in [0.25, 0.3) is 0 Å². The Labute approximate surface area is 158 Å². The van der Waals surface area contributed by atoms with Crippen molar-refractivity contribution in [2.24, 2.45) is 5.92 Å². The van der Waals surface area contributed by atoms with E-state index in [-0.39, 0.29) is 0 Å². The Hall–Kier alpha value is -0.230. The highest BCUT2D eigenvalue weighted by Gasteiger charge is 2.28. The van der Waals surface area contributed by atoms with Gasteiger partial charge in [-0.25, -0.2) is 4.31 Å². The Kier molecular flexibility index (Phi) is 5.42. The van der Waals surface area contributed by atoms with Crippen molar-refractivity contribution < 1.29 is 4.74 Å². The van der Waals surface area contributed by atoms with E-state index in [2.05, 4.69) is 44.2 Å². The third-order valence-electron chi connectivity index (χ3n) is 5.70. The lowest BCUT2D eigenvalue weighted by atomic mass is 9.95. The van der Waals surface area contributed by atoms with Gasteiger partial charge in [0.05, 0.1) is 11.5 Å². The van der Waals surface area contributed by atoms with Crippen LogP contribution in [0.2, 0.25) is 0 Å². The maximum absolute atomic E-state index is 5.88. The number of benzene rings is 1. The van der Waals surface area contributed by atoms with E-state index in [1.807, 2.05) is 11.9 Å². The van der Waals surface area contributed by atoms with Crippen molar-refractivity contribution in [3.8, 4) is 5.75 Å². The second-order valence-corrected chi connectivity index (χ2v) is 9.52. The lowest BCUT2D eigenvalue weighted by molar-refractivity contribution is 0.103. The van der Waals surface area contributed by atoms with Crippen LogP contribution in [-0.4, -0.2) is 48.0 Å². The zero-order valence-electron chi connectivity index (χ0n) is 14.5. The number of fused-ring (bicyclic) bond motifs is 1. The molecule has 3 aliphatic rings. The SMILES string of the molecule is CC1CCN(C2CCN(Sc3cc(Br)cc4c3OCC4)CC2)CC1. The number of halogens is 1. The van der Waals surface area contributed by atoms with Crippen LogP contribution in [0.5, 0.6) is 5.75 Å². The summed E-state index contributed by atoms with van der Waals surface area (Å²) in [4.78, 5) is 4.03. The highest BCUT2D eigenvalue weighted by atomic mass is 79.9. The Balaban J connectivity index is 1.34. The van der Waals surface area contributed by atoms with E-state index in [9.17, 15) is 0 Å². The predicted molar refractivity (Wildman–Crippen MR) is 104 cm³/mol. The fourth-order valence-corrected chi connectivity index (χ4v) is 5.92. The van der Waals surface area contributed by atoms with E-state index in [1.165, 1.54) is 66.8 Å². The minimum atomic E-state index is 0.804. The largest absolute Gasteiger partial charge is 0.492 e. The Morgan fingerprint density at radius 2 is 1.83 bits per heavy atom. The zero-order chi connectivity index (χ0) is 16.5. The standard InChI is InChI=1S/C19H27BrN2OS/c1-14-2-7-21(8-3-14)17-4-9-22(10-5-17)24-18-13-16(20)12-15-6-11-23-19(15)18/h12-14,17H,2-11H2,1H3. The molecule has 3 heterocycles. The molecule has 2 fully saturated rings. The minimum Gasteiger partial charge on any atom is -0.492 e. The maximum Gasteiger partial charge on any atom is 0.137 e. The average molecular weight is 411 g/mol. The van der Waals surface area contributed by atoms with E-state index < -0.39 is 0 Å². The maximum atomic E-state index is 5.88. The van der Waals surface area contributed by atoms with Gasteiger partial charge in [-0.1, -0.05) is 22.9 Å². The van der Waals surface area contributed by atoms with Crippen molar-refractivity contribution in [1.29, 1.82) is 0 Å². The molecule has 0 aromatic heterocycles. The number of piperidine rings is 2. The smallest absolute Gasteiger partial charge is 0.137 e. The van der Waals surface area contributed by atoms with Crippen LogP contribution >= 0.6 is 27.9 Å². The van der Waals surface area contributed by atoms with E-state index in [0.717, 1.165) is 30.7 Å².